The van der Waals surface area contributed by atoms with Crippen LogP contribution in [0.2, 0.25) is 0 Å². The average Bonchev–Trinajstić information content (AvgIpc) is 3.18. The Kier molecular flexibility index (Phi) is 9.92. The van der Waals surface area contributed by atoms with Crippen molar-refractivity contribution in [3.63, 3.8) is 0 Å². The Morgan fingerprint density at radius 2 is 1.91 bits per heavy atom. The van der Waals surface area contributed by atoms with Crippen molar-refractivity contribution in [2.75, 3.05) is 25.5 Å². The second-order valence-corrected chi connectivity index (χ2v) is 9.51. The van der Waals surface area contributed by atoms with E-state index in [-0.39, 0.29) is 12.0 Å². The van der Waals surface area contributed by atoms with Crippen molar-refractivity contribution in [1.82, 2.24) is 24.6 Å². The summed E-state index contributed by atoms with van der Waals surface area (Å²) in [5.74, 6) is 2.05. The van der Waals surface area contributed by atoms with Gasteiger partial charge in [-0.05, 0) is 46.0 Å². The Hall–Kier alpha value is -2.42. The molecule has 0 unspecified atom stereocenters. The Morgan fingerprint density at radius 3 is 2.59 bits per heavy atom. The van der Waals surface area contributed by atoms with Crippen LogP contribution in [0.4, 0.5) is 5.82 Å². The molecule has 2 N–H and O–H groups in total. The SMILES string of the molecule is CCCCc1nc2c(N)nnc(OC(C)C)c2n1CCCCCCN(C(C)=O)C1CCOCC1. The lowest BCUT2D eigenvalue weighted by Crippen LogP contribution is -2.42. The number of unbranched alkanes of at least 4 members (excludes halogenated alkanes) is 4. The lowest BCUT2D eigenvalue weighted by atomic mass is 10.1. The maximum Gasteiger partial charge on any atom is 0.260 e. The molecule has 0 aromatic carbocycles. The monoisotopic (exact) mass is 474 g/mol. The quantitative estimate of drug-likeness (QED) is 0.435. The highest BCUT2D eigenvalue weighted by Gasteiger charge is 2.23. The number of imidazole rings is 1. The van der Waals surface area contributed by atoms with Gasteiger partial charge in [-0.15, -0.1) is 10.2 Å². The summed E-state index contributed by atoms with van der Waals surface area (Å²) in [6.45, 7) is 11.0. The number of nitrogens with zero attached hydrogens (tertiary/aromatic N) is 5. The predicted molar refractivity (Wildman–Crippen MR) is 134 cm³/mol. The third-order valence-corrected chi connectivity index (χ3v) is 6.41. The molecule has 0 spiro atoms. The Morgan fingerprint density at radius 1 is 1.18 bits per heavy atom. The first-order chi connectivity index (χ1) is 16.4. The number of carbonyl (C=O) groups excluding carboxylic acids is 1. The van der Waals surface area contributed by atoms with Gasteiger partial charge >= 0.3 is 0 Å². The van der Waals surface area contributed by atoms with E-state index in [1.54, 1.807) is 6.92 Å². The van der Waals surface area contributed by atoms with Crippen LogP contribution in [0.25, 0.3) is 11.0 Å². The number of hydrogen-bond donors (Lipinski definition) is 1. The van der Waals surface area contributed by atoms with Gasteiger partial charge < -0.3 is 24.7 Å². The zero-order valence-corrected chi connectivity index (χ0v) is 21.4. The first-order valence-electron chi connectivity index (χ1n) is 12.9. The van der Waals surface area contributed by atoms with Crippen LogP contribution in [0.3, 0.4) is 0 Å². The maximum absolute atomic E-state index is 12.1. The third-order valence-electron chi connectivity index (χ3n) is 6.41. The van der Waals surface area contributed by atoms with Gasteiger partial charge in [-0.25, -0.2) is 4.98 Å². The van der Waals surface area contributed by atoms with Gasteiger partial charge in [-0.2, -0.15) is 0 Å². The lowest BCUT2D eigenvalue weighted by Gasteiger charge is -2.33. The number of aromatic nitrogens is 4. The van der Waals surface area contributed by atoms with Crippen molar-refractivity contribution >= 4 is 22.8 Å². The molecule has 3 heterocycles. The van der Waals surface area contributed by atoms with Crippen molar-refractivity contribution in [2.24, 2.45) is 0 Å². The maximum atomic E-state index is 12.1. The molecular weight excluding hydrogens is 432 g/mol. The summed E-state index contributed by atoms with van der Waals surface area (Å²) in [7, 11) is 0. The second-order valence-electron chi connectivity index (χ2n) is 9.51. The van der Waals surface area contributed by atoms with E-state index in [2.05, 4.69) is 21.7 Å². The number of nitrogens with two attached hydrogens (primary N) is 1. The first kappa shape index (κ1) is 26.2. The molecule has 0 radical (unpaired) electrons. The fraction of sp³-hybridized carbons (Fsp3) is 0.760. The number of nitrogen functional groups attached to an aromatic ring is 1. The summed E-state index contributed by atoms with van der Waals surface area (Å²) in [6, 6.07) is 0.329. The summed E-state index contributed by atoms with van der Waals surface area (Å²) in [6.07, 6.45) is 9.15. The molecule has 9 heteroatoms. The minimum atomic E-state index is -0.0106. The Labute approximate surface area is 203 Å². The van der Waals surface area contributed by atoms with E-state index >= 15 is 0 Å². The molecular formula is C25H42N6O3. The molecule has 2 aromatic rings. The number of anilines is 1. The predicted octanol–water partition coefficient (Wildman–Crippen LogP) is 4.13. The highest BCUT2D eigenvalue weighted by molar-refractivity contribution is 5.88. The smallest absolute Gasteiger partial charge is 0.260 e. The third kappa shape index (κ3) is 6.81. The average molecular weight is 475 g/mol. The molecule has 2 aromatic heterocycles. The molecule has 1 aliphatic heterocycles. The molecule has 3 rings (SSSR count). The topological polar surface area (TPSA) is 108 Å². The minimum absolute atomic E-state index is 0.0106. The molecule has 1 aliphatic rings. The van der Waals surface area contributed by atoms with Gasteiger partial charge in [0.1, 0.15) is 16.9 Å². The summed E-state index contributed by atoms with van der Waals surface area (Å²) in [4.78, 5) is 19.0. The molecule has 0 atom stereocenters. The fourth-order valence-corrected chi connectivity index (χ4v) is 4.66. The molecule has 0 saturated carbocycles. The number of carbonyl (C=O) groups is 1. The van der Waals surface area contributed by atoms with Gasteiger partial charge in [0.05, 0.1) is 6.10 Å². The molecule has 0 aliphatic carbocycles. The summed E-state index contributed by atoms with van der Waals surface area (Å²) >= 11 is 0. The van der Waals surface area contributed by atoms with E-state index in [4.69, 9.17) is 20.2 Å². The van der Waals surface area contributed by atoms with Gasteiger partial charge in [0.25, 0.3) is 5.88 Å². The first-order valence-corrected chi connectivity index (χ1v) is 12.9. The van der Waals surface area contributed by atoms with E-state index < -0.39 is 0 Å². The second kappa shape index (κ2) is 12.9. The highest BCUT2D eigenvalue weighted by Crippen LogP contribution is 2.29. The van der Waals surface area contributed by atoms with Crippen molar-refractivity contribution in [1.29, 1.82) is 0 Å². The number of rotatable bonds is 13. The van der Waals surface area contributed by atoms with Crippen molar-refractivity contribution < 1.29 is 14.3 Å². The van der Waals surface area contributed by atoms with E-state index in [0.717, 1.165) is 95.4 Å². The van der Waals surface area contributed by atoms with Crippen LogP contribution in [0.1, 0.15) is 84.9 Å². The molecule has 1 saturated heterocycles. The van der Waals surface area contributed by atoms with Crippen molar-refractivity contribution in [3.05, 3.63) is 5.82 Å². The summed E-state index contributed by atoms with van der Waals surface area (Å²) in [5, 5.41) is 8.31. The Balaban J connectivity index is 1.62. The molecule has 1 amide bonds. The number of ether oxygens (including phenoxy) is 2. The number of fused-ring (bicyclic) bond motifs is 1. The van der Waals surface area contributed by atoms with Crippen LogP contribution in [0, 0.1) is 0 Å². The minimum Gasteiger partial charge on any atom is -0.472 e. The van der Waals surface area contributed by atoms with E-state index in [0.29, 0.717) is 23.3 Å². The molecule has 0 bridgehead atoms. The van der Waals surface area contributed by atoms with Crippen LogP contribution in [-0.4, -0.2) is 62.5 Å². The number of aryl methyl sites for hydroxylation is 2. The van der Waals surface area contributed by atoms with Crippen molar-refractivity contribution in [3.8, 4) is 5.88 Å². The van der Waals surface area contributed by atoms with Crippen LogP contribution in [0.15, 0.2) is 0 Å². The summed E-state index contributed by atoms with van der Waals surface area (Å²) < 4.78 is 13.6. The Bertz CT molecular complexity index is 923. The van der Waals surface area contributed by atoms with Crippen LogP contribution in [-0.2, 0) is 22.5 Å². The zero-order valence-electron chi connectivity index (χ0n) is 21.4. The van der Waals surface area contributed by atoms with Crippen LogP contribution < -0.4 is 10.5 Å². The van der Waals surface area contributed by atoms with Gasteiger partial charge in [0.15, 0.2) is 5.82 Å². The number of amides is 1. The van der Waals surface area contributed by atoms with E-state index in [1.807, 2.05) is 18.7 Å². The van der Waals surface area contributed by atoms with E-state index in [1.165, 1.54) is 0 Å². The van der Waals surface area contributed by atoms with Gasteiger partial charge in [-0.1, -0.05) is 26.2 Å². The standard InChI is InChI=1S/C25H42N6O3/c1-5-6-11-21-27-22-23(25(34-18(2)3)29-28-24(22)26)31(21)15-10-8-7-9-14-30(19(4)32)20-12-16-33-17-13-20/h18,20H,5-17H2,1-4H3,(H2,26,28). The van der Waals surface area contributed by atoms with Gasteiger partial charge in [0.2, 0.25) is 5.91 Å². The lowest BCUT2D eigenvalue weighted by molar-refractivity contribution is -0.133. The molecule has 34 heavy (non-hydrogen) atoms. The van der Waals surface area contributed by atoms with Gasteiger partial charge in [0, 0.05) is 45.7 Å². The van der Waals surface area contributed by atoms with E-state index in [9.17, 15) is 4.79 Å². The normalized spacial score (nSPS) is 14.7. The van der Waals surface area contributed by atoms with Crippen molar-refractivity contribution in [2.45, 2.75) is 104 Å². The van der Waals surface area contributed by atoms with Crippen LogP contribution in [0.5, 0.6) is 5.88 Å². The molecule has 1 fully saturated rings. The molecule has 9 nitrogen and oxygen atoms in total. The zero-order chi connectivity index (χ0) is 24.5. The van der Waals surface area contributed by atoms with Crippen LogP contribution >= 0.6 is 0 Å². The molecule has 190 valence electrons. The largest absolute Gasteiger partial charge is 0.472 e. The number of hydrogen-bond acceptors (Lipinski definition) is 7. The highest BCUT2D eigenvalue weighted by atomic mass is 16.5. The van der Waals surface area contributed by atoms with Gasteiger partial charge in [-0.3, -0.25) is 4.79 Å². The fourth-order valence-electron chi connectivity index (χ4n) is 4.66. The summed E-state index contributed by atoms with van der Waals surface area (Å²) in [5.41, 5.74) is 7.67.